The summed E-state index contributed by atoms with van der Waals surface area (Å²) in [5.74, 6) is 0.707. The average Bonchev–Trinajstić information content (AvgIpc) is 2.74. The molecule has 1 heterocycles. The fourth-order valence-electron chi connectivity index (χ4n) is 1.22. The third-order valence-corrected chi connectivity index (χ3v) is 2.30. The Hall–Kier alpha value is -1.26. The fourth-order valence-corrected chi connectivity index (χ4v) is 1.40. The van der Waals surface area contributed by atoms with Gasteiger partial charge in [-0.3, -0.25) is 0 Å². The number of rotatable bonds is 2. The standard InChI is InChI=1S/C10H11ClN4.ClH/c11-9-4-2-1-3-8(9)7-14-15-10-12-5-6-13-10;/h1-4,7H,5-6H2,(H2,12,13,15);1H. The van der Waals surface area contributed by atoms with Gasteiger partial charge in [0, 0.05) is 17.1 Å². The largest absolute Gasteiger partial charge is 0.353 e. The van der Waals surface area contributed by atoms with Crippen LogP contribution in [-0.2, 0) is 0 Å². The average molecular weight is 259 g/mol. The van der Waals surface area contributed by atoms with E-state index >= 15 is 0 Å². The van der Waals surface area contributed by atoms with Crippen molar-refractivity contribution in [2.24, 2.45) is 10.1 Å². The van der Waals surface area contributed by atoms with Crippen LogP contribution < -0.4 is 10.7 Å². The molecule has 0 fully saturated rings. The zero-order chi connectivity index (χ0) is 10.5. The van der Waals surface area contributed by atoms with Gasteiger partial charge in [0.1, 0.15) is 0 Å². The van der Waals surface area contributed by atoms with Crippen LogP contribution in [0, 0.1) is 0 Å². The highest BCUT2D eigenvalue weighted by molar-refractivity contribution is 6.33. The van der Waals surface area contributed by atoms with Gasteiger partial charge in [-0.05, 0) is 6.07 Å². The summed E-state index contributed by atoms with van der Waals surface area (Å²) in [4.78, 5) is 4.14. The highest BCUT2D eigenvalue weighted by Gasteiger charge is 2.01. The normalized spacial score (nSPS) is 14.2. The number of hydrogen-bond acceptors (Lipinski definition) is 4. The smallest absolute Gasteiger partial charge is 0.212 e. The van der Waals surface area contributed by atoms with Gasteiger partial charge in [-0.2, -0.15) is 5.10 Å². The molecular formula is C10H12Cl2N4. The molecule has 0 saturated carbocycles. The lowest BCUT2D eigenvalue weighted by molar-refractivity contribution is 0.920. The van der Waals surface area contributed by atoms with Gasteiger partial charge in [0.2, 0.25) is 5.96 Å². The second-order valence-electron chi connectivity index (χ2n) is 3.05. The van der Waals surface area contributed by atoms with E-state index in [4.69, 9.17) is 11.6 Å². The Morgan fingerprint density at radius 3 is 2.94 bits per heavy atom. The lowest BCUT2D eigenvalue weighted by Crippen LogP contribution is -2.30. The molecule has 0 spiro atoms. The minimum Gasteiger partial charge on any atom is -0.353 e. The summed E-state index contributed by atoms with van der Waals surface area (Å²) in [6.45, 7) is 1.66. The molecule has 0 radical (unpaired) electrons. The van der Waals surface area contributed by atoms with Crippen molar-refractivity contribution in [3.63, 3.8) is 0 Å². The third kappa shape index (κ3) is 3.40. The van der Waals surface area contributed by atoms with Crippen molar-refractivity contribution in [1.29, 1.82) is 0 Å². The SMILES string of the molecule is Cl.Clc1ccccc1C=NNC1=NCCN1. The topological polar surface area (TPSA) is 48.8 Å². The van der Waals surface area contributed by atoms with E-state index in [-0.39, 0.29) is 12.4 Å². The van der Waals surface area contributed by atoms with Crippen LogP contribution in [0.4, 0.5) is 0 Å². The number of hydrogen-bond donors (Lipinski definition) is 2. The van der Waals surface area contributed by atoms with Gasteiger partial charge < -0.3 is 5.32 Å². The maximum absolute atomic E-state index is 5.95. The first kappa shape index (κ1) is 12.8. The highest BCUT2D eigenvalue weighted by Crippen LogP contribution is 2.11. The molecule has 0 saturated heterocycles. The van der Waals surface area contributed by atoms with Crippen LogP contribution in [0.3, 0.4) is 0 Å². The van der Waals surface area contributed by atoms with Crippen molar-refractivity contribution in [2.75, 3.05) is 13.1 Å². The summed E-state index contributed by atoms with van der Waals surface area (Å²) in [6, 6.07) is 7.53. The van der Waals surface area contributed by atoms with E-state index in [2.05, 4.69) is 20.8 Å². The molecule has 2 rings (SSSR count). The van der Waals surface area contributed by atoms with Gasteiger partial charge in [-0.25, -0.2) is 10.4 Å². The number of aliphatic imine (C=N–C) groups is 1. The van der Waals surface area contributed by atoms with E-state index in [0.29, 0.717) is 11.0 Å². The molecule has 2 N–H and O–H groups in total. The van der Waals surface area contributed by atoms with Crippen molar-refractivity contribution in [2.45, 2.75) is 0 Å². The molecule has 0 aliphatic carbocycles. The van der Waals surface area contributed by atoms with Crippen LogP contribution in [0.25, 0.3) is 0 Å². The van der Waals surface area contributed by atoms with Crippen LogP contribution in [0.2, 0.25) is 5.02 Å². The number of benzene rings is 1. The zero-order valence-electron chi connectivity index (χ0n) is 8.48. The number of halogens is 2. The summed E-state index contributed by atoms with van der Waals surface area (Å²) in [7, 11) is 0. The highest BCUT2D eigenvalue weighted by atomic mass is 35.5. The van der Waals surface area contributed by atoms with Gasteiger partial charge in [-0.15, -0.1) is 12.4 Å². The van der Waals surface area contributed by atoms with E-state index in [0.717, 1.165) is 18.7 Å². The molecule has 4 nitrogen and oxygen atoms in total. The number of hydrazone groups is 1. The number of nitrogens with one attached hydrogen (secondary N) is 2. The molecule has 16 heavy (non-hydrogen) atoms. The molecule has 1 aromatic carbocycles. The van der Waals surface area contributed by atoms with Gasteiger partial charge in [0.05, 0.1) is 12.8 Å². The summed E-state index contributed by atoms with van der Waals surface area (Å²) in [5, 5.41) is 7.77. The fraction of sp³-hybridized carbons (Fsp3) is 0.200. The number of guanidine groups is 1. The summed E-state index contributed by atoms with van der Waals surface area (Å²) in [5.41, 5.74) is 3.69. The molecule has 0 amide bonds. The van der Waals surface area contributed by atoms with Crippen molar-refractivity contribution in [3.05, 3.63) is 34.9 Å². The Morgan fingerprint density at radius 2 is 2.25 bits per heavy atom. The summed E-state index contributed by atoms with van der Waals surface area (Å²) < 4.78 is 0. The van der Waals surface area contributed by atoms with E-state index < -0.39 is 0 Å². The Bertz CT molecular complexity index is 404. The molecule has 1 aromatic rings. The van der Waals surface area contributed by atoms with Crippen LogP contribution in [0.1, 0.15) is 5.56 Å². The van der Waals surface area contributed by atoms with Gasteiger partial charge in [0.15, 0.2) is 0 Å². The molecule has 86 valence electrons. The minimum absolute atomic E-state index is 0. The molecule has 0 unspecified atom stereocenters. The van der Waals surface area contributed by atoms with E-state index in [1.165, 1.54) is 0 Å². The third-order valence-electron chi connectivity index (χ3n) is 1.95. The van der Waals surface area contributed by atoms with Crippen LogP contribution in [0.5, 0.6) is 0 Å². The molecule has 0 bridgehead atoms. The van der Waals surface area contributed by atoms with Gasteiger partial charge in [0.25, 0.3) is 0 Å². The zero-order valence-corrected chi connectivity index (χ0v) is 10.1. The van der Waals surface area contributed by atoms with E-state index in [1.807, 2.05) is 24.3 Å². The Morgan fingerprint density at radius 1 is 1.44 bits per heavy atom. The lowest BCUT2D eigenvalue weighted by Gasteiger charge is -1.99. The quantitative estimate of drug-likeness (QED) is 0.626. The molecule has 0 aromatic heterocycles. The molecule has 6 heteroatoms. The van der Waals surface area contributed by atoms with E-state index in [9.17, 15) is 0 Å². The summed E-state index contributed by atoms with van der Waals surface area (Å²) >= 11 is 5.95. The first-order chi connectivity index (χ1) is 7.36. The molecular weight excluding hydrogens is 247 g/mol. The van der Waals surface area contributed by atoms with Gasteiger partial charge >= 0.3 is 0 Å². The maximum atomic E-state index is 5.95. The molecule has 0 atom stereocenters. The van der Waals surface area contributed by atoms with Crippen LogP contribution in [0.15, 0.2) is 34.4 Å². The second-order valence-corrected chi connectivity index (χ2v) is 3.46. The monoisotopic (exact) mass is 258 g/mol. The van der Waals surface area contributed by atoms with Crippen LogP contribution in [-0.4, -0.2) is 25.3 Å². The Balaban J connectivity index is 0.00000128. The van der Waals surface area contributed by atoms with E-state index in [1.54, 1.807) is 6.21 Å². The van der Waals surface area contributed by atoms with Crippen molar-refractivity contribution < 1.29 is 0 Å². The first-order valence-electron chi connectivity index (χ1n) is 4.68. The van der Waals surface area contributed by atoms with Crippen LogP contribution >= 0.6 is 24.0 Å². The van der Waals surface area contributed by atoms with Crippen molar-refractivity contribution in [3.8, 4) is 0 Å². The lowest BCUT2D eigenvalue weighted by atomic mass is 10.2. The molecule has 1 aliphatic rings. The Kier molecular flexibility index (Phi) is 5.08. The van der Waals surface area contributed by atoms with Crippen molar-refractivity contribution >= 4 is 36.2 Å². The maximum Gasteiger partial charge on any atom is 0.212 e. The molecule has 1 aliphatic heterocycles. The van der Waals surface area contributed by atoms with Crippen molar-refractivity contribution in [1.82, 2.24) is 10.7 Å². The Labute approximate surface area is 105 Å². The second kappa shape index (κ2) is 6.35. The first-order valence-corrected chi connectivity index (χ1v) is 5.06. The predicted molar refractivity (Wildman–Crippen MR) is 69.7 cm³/mol. The van der Waals surface area contributed by atoms with Gasteiger partial charge in [-0.1, -0.05) is 29.8 Å². The summed E-state index contributed by atoms with van der Waals surface area (Å²) in [6.07, 6.45) is 1.67. The number of nitrogens with zero attached hydrogens (tertiary/aromatic N) is 2. The minimum atomic E-state index is 0. The predicted octanol–water partition coefficient (Wildman–Crippen LogP) is 1.64.